The number of nitrogens with one attached hydrogen (secondary N) is 2. The second-order valence-electron chi connectivity index (χ2n) is 14.7. The minimum Gasteiger partial charge on any atom is -0.472 e. The molecule has 52 heavy (non-hydrogen) atoms. The van der Waals surface area contributed by atoms with E-state index in [1.54, 1.807) is 31.3 Å². The van der Waals surface area contributed by atoms with E-state index < -0.39 is 56.0 Å². The molecule has 0 bridgehead atoms. The first-order valence-corrected chi connectivity index (χ1v) is 19.5. The van der Waals surface area contributed by atoms with E-state index in [-0.39, 0.29) is 37.5 Å². The second kappa shape index (κ2) is 15.2. The zero-order valence-corrected chi connectivity index (χ0v) is 30.4. The van der Waals surface area contributed by atoms with E-state index in [9.17, 15) is 27.2 Å². The molecular formula is C40H47FN4O6S. The van der Waals surface area contributed by atoms with Crippen molar-refractivity contribution in [3.05, 3.63) is 91.9 Å². The standard InChI is InChI=1S/C40H47FN4O6S/c1-4-6-7-8-9-17-33(43-30-15-12-14-29(41)22-30)37(47)45-26-31(51-36-32-16-11-10-13-27(32)18-21-42-36)23-34(45)35(46)25-40(24-28(40)5-2)38(48)44-52(49,50)39(3)19-20-39/h4-5,10-16,18,21-22,28,31,33-34,43H,1-2,6-9,17,19-20,23-26H2,3H3,(H,44,48)/t28-,31-,33+,34+,40-/m1/s1. The summed E-state index contributed by atoms with van der Waals surface area (Å²) in [4.78, 5) is 48.6. The highest BCUT2D eigenvalue weighted by Crippen LogP contribution is 2.57. The van der Waals surface area contributed by atoms with Crippen LogP contribution in [0, 0.1) is 17.2 Å². The molecule has 12 heteroatoms. The summed E-state index contributed by atoms with van der Waals surface area (Å²) in [6.07, 6.45) is 9.29. The molecule has 5 atom stereocenters. The lowest BCUT2D eigenvalue weighted by atomic mass is 9.91. The molecule has 0 radical (unpaired) electrons. The smallest absolute Gasteiger partial charge is 0.245 e. The van der Waals surface area contributed by atoms with Crippen molar-refractivity contribution >= 4 is 44.1 Å². The highest BCUT2D eigenvalue weighted by atomic mass is 32.2. The number of fused-ring (bicyclic) bond motifs is 1. The Morgan fingerprint density at radius 2 is 1.88 bits per heavy atom. The number of Topliss-reactive ketones (excluding diaryl/α,β-unsaturated/α-hetero) is 1. The molecule has 276 valence electrons. The number of unbranched alkanes of at least 4 members (excludes halogenated alkanes) is 3. The number of nitrogens with zero attached hydrogens (tertiary/aromatic N) is 2. The summed E-state index contributed by atoms with van der Waals surface area (Å²) in [6, 6.07) is 13.7. The fraction of sp³-hybridized carbons (Fsp3) is 0.450. The molecule has 2 N–H and O–H groups in total. The minimum absolute atomic E-state index is 0.0781. The van der Waals surface area contributed by atoms with E-state index in [2.05, 4.69) is 28.2 Å². The van der Waals surface area contributed by atoms with E-state index in [1.165, 1.54) is 17.0 Å². The number of sulfonamides is 1. The maximum atomic E-state index is 14.6. The fourth-order valence-electron chi connectivity index (χ4n) is 7.23. The van der Waals surface area contributed by atoms with Gasteiger partial charge in [-0.3, -0.25) is 19.1 Å². The number of carbonyl (C=O) groups is 3. The Bertz CT molecular complexity index is 1960. The Kier molecular flexibility index (Phi) is 10.9. The van der Waals surface area contributed by atoms with Gasteiger partial charge in [-0.2, -0.15) is 0 Å². The maximum absolute atomic E-state index is 14.6. The molecule has 2 amide bonds. The van der Waals surface area contributed by atoms with E-state index in [0.717, 1.165) is 30.0 Å². The van der Waals surface area contributed by atoms with Crippen LogP contribution in [0.1, 0.15) is 71.1 Å². The Labute approximate surface area is 305 Å². The van der Waals surface area contributed by atoms with Crippen LogP contribution in [0.15, 0.2) is 86.1 Å². The average Bonchev–Trinajstić information content (AvgIpc) is 4.01. The second-order valence-corrected chi connectivity index (χ2v) is 16.9. The van der Waals surface area contributed by atoms with E-state index in [0.29, 0.717) is 37.3 Å². The van der Waals surface area contributed by atoms with Crippen molar-refractivity contribution in [3.8, 4) is 5.88 Å². The number of amides is 2. The lowest BCUT2D eigenvalue weighted by Crippen LogP contribution is -2.49. The monoisotopic (exact) mass is 730 g/mol. The molecule has 2 saturated carbocycles. The van der Waals surface area contributed by atoms with Gasteiger partial charge >= 0.3 is 0 Å². The molecule has 1 aliphatic heterocycles. The van der Waals surface area contributed by atoms with Crippen molar-refractivity contribution < 1.29 is 31.9 Å². The molecule has 3 aliphatic rings. The van der Waals surface area contributed by atoms with E-state index in [1.807, 2.05) is 36.4 Å². The minimum atomic E-state index is -3.94. The van der Waals surface area contributed by atoms with Gasteiger partial charge in [0.05, 0.1) is 22.7 Å². The normalized spacial score (nSPS) is 23.7. The highest BCUT2D eigenvalue weighted by Gasteiger charge is 2.62. The number of carbonyl (C=O) groups excluding carboxylic acids is 3. The molecule has 0 spiro atoms. The quantitative estimate of drug-likeness (QED) is 0.112. The third kappa shape index (κ3) is 7.91. The Hall–Kier alpha value is -4.58. The predicted octanol–water partition coefficient (Wildman–Crippen LogP) is 6.49. The van der Waals surface area contributed by atoms with Gasteiger partial charge < -0.3 is 15.0 Å². The van der Waals surface area contributed by atoms with Crippen LogP contribution >= 0.6 is 0 Å². The maximum Gasteiger partial charge on any atom is 0.245 e. The average molecular weight is 731 g/mol. The highest BCUT2D eigenvalue weighted by molar-refractivity contribution is 7.91. The summed E-state index contributed by atoms with van der Waals surface area (Å²) in [5.74, 6) is -1.89. The third-order valence-corrected chi connectivity index (χ3v) is 13.0. The molecule has 1 saturated heterocycles. The number of ether oxygens (including phenoxy) is 1. The van der Waals surface area contributed by atoms with E-state index in [4.69, 9.17) is 4.74 Å². The number of halogens is 1. The number of aromatic nitrogens is 1. The van der Waals surface area contributed by atoms with Crippen LogP contribution in [-0.4, -0.2) is 65.4 Å². The number of rotatable bonds is 18. The number of hydrogen-bond donors (Lipinski definition) is 2. The van der Waals surface area contributed by atoms with Crippen LogP contribution in [0.3, 0.4) is 0 Å². The zero-order chi connectivity index (χ0) is 37.1. The molecule has 2 aromatic carbocycles. The van der Waals surface area contributed by atoms with Crippen LogP contribution in [-0.2, 0) is 24.4 Å². The van der Waals surface area contributed by atoms with Crippen molar-refractivity contribution in [2.75, 3.05) is 11.9 Å². The Balaban J connectivity index is 1.27. The van der Waals surface area contributed by atoms with Gasteiger partial charge in [-0.15, -0.1) is 13.2 Å². The fourth-order valence-corrected chi connectivity index (χ4v) is 8.57. The van der Waals surface area contributed by atoms with Gasteiger partial charge in [0.15, 0.2) is 5.78 Å². The van der Waals surface area contributed by atoms with Gasteiger partial charge in [-0.25, -0.2) is 17.8 Å². The van der Waals surface area contributed by atoms with Crippen molar-refractivity contribution in [1.29, 1.82) is 0 Å². The molecular weight excluding hydrogens is 684 g/mol. The molecule has 2 heterocycles. The van der Waals surface area contributed by atoms with Crippen molar-refractivity contribution in [2.24, 2.45) is 11.3 Å². The summed E-state index contributed by atoms with van der Waals surface area (Å²) < 4.78 is 48.0. The molecule has 3 aromatic rings. The number of ketones is 1. The molecule has 2 aliphatic carbocycles. The molecule has 6 rings (SSSR count). The summed E-state index contributed by atoms with van der Waals surface area (Å²) >= 11 is 0. The summed E-state index contributed by atoms with van der Waals surface area (Å²) in [6.45, 7) is 9.29. The van der Waals surface area contributed by atoms with Crippen LogP contribution < -0.4 is 14.8 Å². The topological polar surface area (TPSA) is 135 Å². The van der Waals surface area contributed by atoms with Crippen molar-refractivity contribution in [2.45, 2.75) is 94.1 Å². The SMILES string of the molecule is C=CCCCCC[C@H](Nc1cccc(F)c1)C(=O)N1C[C@H](Oc2nccc3ccccc23)C[C@H]1C(=O)C[C@]1(C(=O)NS(=O)(=O)C2(C)CC2)C[C@H]1C=C. The number of anilines is 1. The third-order valence-electron chi connectivity index (χ3n) is 10.9. The summed E-state index contributed by atoms with van der Waals surface area (Å²) in [5, 5.41) is 4.93. The van der Waals surface area contributed by atoms with Crippen LogP contribution in [0.25, 0.3) is 10.8 Å². The molecule has 0 unspecified atom stereocenters. The van der Waals surface area contributed by atoms with Crippen molar-refractivity contribution in [1.82, 2.24) is 14.6 Å². The van der Waals surface area contributed by atoms with Gasteiger partial charge in [0.25, 0.3) is 0 Å². The largest absolute Gasteiger partial charge is 0.472 e. The summed E-state index contributed by atoms with van der Waals surface area (Å²) in [5.41, 5.74) is -0.848. The van der Waals surface area contributed by atoms with Crippen LogP contribution in [0.2, 0.25) is 0 Å². The lowest BCUT2D eigenvalue weighted by molar-refractivity contribution is -0.139. The number of benzene rings is 2. The Morgan fingerprint density at radius 3 is 2.60 bits per heavy atom. The van der Waals surface area contributed by atoms with E-state index >= 15 is 0 Å². The predicted molar refractivity (Wildman–Crippen MR) is 198 cm³/mol. The van der Waals surface area contributed by atoms with Gasteiger partial charge in [0, 0.05) is 30.1 Å². The van der Waals surface area contributed by atoms with Crippen molar-refractivity contribution in [3.63, 3.8) is 0 Å². The Morgan fingerprint density at radius 1 is 1.10 bits per heavy atom. The summed E-state index contributed by atoms with van der Waals surface area (Å²) in [7, 11) is -3.94. The van der Waals surface area contributed by atoms with Gasteiger partial charge in [-0.1, -0.05) is 49.3 Å². The first-order valence-electron chi connectivity index (χ1n) is 18.1. The van der Waals surface area contributed by atoms with Gasteiger partial charge in [0.2, 0.25) is 27.7 Å². The molecule has 3 fully saturated rings. The van der Waals surface area contributed by atoms with Gasteiger partial charge in [-0.05, 0) is 87.1 Å². The lowest BCUT2D eigenvalue weighted by Gasteiger charge is -2.30. The number of likely N-dealkylation sites (tertiary alicyclic amines) is 1. The van der Waals surface area contributed by atoms with Gasteiger partial charge in [0.1, 0.15) is 18.0 Å². The number of hydrogen-bond acceptors (Lipinski definition) is 8. The number of allylic oxidation sites excluding steroid dienone is 2. The van der Waals surface area contributed by atoms with Crippen LogP contribution in [0.5, 0.6) is 5.88 Å². The molecule has 10 nitrogen and oxygen atoms in total. The first-order chi connectivity index (χ1) is 24.9. The first kappa shape index (κ1) is 37.2. The number of pyridine rings is 1. The molecule has 1 aromatic heterocycles. The zero-order valence-electron chi connectivity index (χ0n) is 29.6. The van der Waals surface area contributed by atoms with Crippen LogP contribution in [0.4, 0.5) is 10.1 Å².